The molecule has 0 aliphatic rings. The van der Waals surface area contributed by atoms with Crippen molar-refractivity contribution < 1.29 is 14.6 Å². The number of hydrogen-bond donors (Lipinski definition) is 2. The standard InChI is InChI=1S/C18H29NO3/c1-6-15(9-10-20)19-18(21)14(5)22-17-11-13(4)7-8-16(17)12(2)3/h7-8,11-12,14-15,20H,6,9-10H2,1-5H3,(H,19,21). The van der Waals surface area contributed by atoms with Crippen molar-refractivity contribution in [2.75, 3.05) is 6.61 Å². The molecule has 1 aromatic rings. The number of benzene rings is 1. The van der Waals surface area contributed by atoms with Crippen molar-refractivity contribution in [3.05, 3.63) is 29.3 Å². The van der Waals surface area contributed by atoms with Crippen LogP contribution in [0.15, 0.2) is 18.2 Å². The molecule has 0 radical (unpaired) electrons. The number of carbonyl (C=O) groups excluding carboxylic acids is 1. The van der Waals surface area contributed by atoms with Gasteiger partial charge in [0.25, 0.3) is 5.91 Å². The average Bonchev–Trinajstić information content (AvgIpc) is 2.46. The number of aryl methyl sites for hydroxylation is 1. The summed E-state index contributed by atoms with van der Waals surface area (Å²) in [6, 6.07) is 6.08. The predicted molar refractivity (Wildman–Crippen MR) is 89.3 cm³/mol. The highest BCUT2D eigenvalue weighted by Gasteiger charge is 2.19. The minimum Gasteiger partial charge on any atom is -0.481 e. The van der Waals surface area contributed by atoms with Crippen LogP contribution < -0.4 is 10.1 Å². The van der Waals surface area contributed by atoms with Gasteiger partial charge in [0.05, 0.1) is 0 Å². The first-order valence-corrected chi connectivity index (χ1v) is 8.07. The Bertz CT molecular complexity index is 485. The van der Waals surface area contributed by atoms with E-state index in [1.54, 1.807) is 6.92 Å². The first-order chi connectivity index (χ1) is 10.4. The van der Waals surface area contributed by atoms with E-state index in [0.29, 0.717) is 12.3 Å². The van der Waals surface area contributed by atoms with E-state index in [1.807, 2.05) is 19.9 Å². The van der Waals surface area contributed by atoms with Gasteiger partial charge in [0.2, 0.25) is 0 Å². The zero-order valence-corrected chi connectivity index (χ0v) is 14.3. The van der Waals surface area contributed by atoms with E-state index in [2.05, 4.69) is 31.3 Å². The number of nitrogens with one attached hydrogen (secondary N) is 1. The van der Waals surface area contributed by atoms with E-state index < -0.39 is 6.10 Å². The molecular weight excluding hydrogens is 278 g/mol. The lowest BCUT2D eigenvalue weighted by Gasteiger charge is -2.22. The molecule has 0 fully saturated rings. The van der Waals surface area contributed by atoms with Gasteiger partial charge in [-0.1, -0.05) is 32.9 Å². The Hall–Kier alpha value is -1.55. The molecule has 0 spiro atoms. The number of aliphatic hydroxyl groups is 1. The van der Waals surface area contributed by atoms with Crippen LogP contribution in [0.4, 0.5) is 0 Å². The molecule has 4 heteroatoms. The van der Waals surface area contributed by atoms with E-state index in [4.69, 9.17) is 9.84 Å². The molecule has 0 aliphatic carbocycles. The van der Waals surface area contributed by atoms with Crippen LogP contribution in [0.1, 0.15) is 57.6 Å². The average molecular weight is 307 g/mol. The molecule has 2 atom stereocenters. The Balaban J connectivity index is 2.77. The Morgan fingerprint density at radius 2 is 2.00 bits per heavy atom. The van der Waals surface area contributed by atoms with Crippen molar-refractivity contribution >= 4 is 5.91 Å². The van der Waals surface area contributed by atoms with Crippen molar-refractivity contribution in [2.45, 2.75) is 65.5 Å². The minimum absolute atomic E-state index is 0.00868. The van der Waals surface area contributed by atoms with Gasteiger partial charge in [-0.2, -0.15) is 0 Å². The van der Waals surface area contributed by atoms with Gasteiger partial charge in [0, 0.05) is 12.6 Å². The van der Waals surface area contributed by atoms with Gasteiger partial charge in [-0.15, -0.1) is 0 Å². The van der Waals surface area contributed by atoms with Crippen LogP contribution in [-0.4, -0.2) is 29.8 Å². The van der Waals surface area contributed by atoms with Gasteiger partial charge >= 0.3 is 0 Å². The lowest BCUT2D eigenvalue weighted by molar-refractivity contribution is -0.128. The molecule has 2 unspecified atom stereocenters. The van der Waals surface area contributed by atoms with Gasteiger partial charge in [-0.3, -0.25) is 4.79 Å². The predicted octanol–water partition coefficient (Wildman–Crippen LogP) is 3.16. The van der Waals surface area contributed by atoms with E-state index in [1.165, 1.54) is 0 Å². The highest BCUT2D eigenvalue weighted by Crippen LogP contribution is 2.28. The number of ether oxygens (including phenoxy) is 1. The van der Waals surface area contributed by atoms with Gasteiger partial charge in [-0.05, 0) is 49.8 Å². The fourth-order valence-electron chi connectivity index (χ4n) is 2.32. The largest absolute Gasteiger partial charge is 0.481 e. The zero-order chi connectivity index (χ0) is 16.7. The summed E-state index contributed by atoms with van der Waals surface area (Å²) in [7, 11) is 0. The molecule has 1 aromatic carbocycles. The topological polar surface area (TPSA) is 58.6 Å². The van der Waals surface area contributed by atoms with Crippen molar-refractivity contribution in [2.24, 2.45) is 0 Å². The van der Waals surface area contributed by atoms with E-state index in [9.17, 15) is 4.79 Å². The van der Waals surface area contributed by atoms with Crippen molar-refractivity contribution in [1.82, 2.24) is 5.32 Å². The summed E-state index contributed by atoms with van der Waals surface area (Å²) in [4.78, 5) is 12.2. The second-order valence-electron chi connectivity index (χ2n) is 6.08. The SMILES string of the molecule is CCC(CCO)NC(=O)C(C)Oc1cc(C)ccc1C(C)C. The van der Waals surface area contributed by atoms with E-state index in [0.717, 1.165) is 23.3 Å². The van der Waals surface area contributed by atoms with Crippen LogP contribution in [0, 0.1) is 6.92 Å². The van der Waals surface area contributed by atoms with Crippen molar-refractivity contribution in [3.8, 4) is 5.75 Å². The van der Waals surface area contributed by atoms with Crippen LogP contribution in [0.3, 0.4) is 0 Å². The smallest absolute Gasteiger partial charge is 0.260 e. The van der Waals surface area contributed by atoms with Gasteiger partial charge in [0.15, 0.2) is 6.10 Å². The Morgan fingerprint density at radius 1 is 1.32 bits per heavy atom. The van der Waals surface area contributed by atoms with Crippen LogP contribution in [-0.2, 0) is 4.79 Å². The zero-order valence-electron chi connectivity index (χ0n) is 14.3. The molecular formula is C18H29NO3. The molecule has 0 aliphatic heterocycles. The lowest BCUT2D eigenvalue weighted by atomic mass is 10.0. The summed E-state index contributed by atoms with van der Waals surface area (Å²) in [6.45, 7) is 10.0. The Morgan fingerprint density at radius 3 is 2.55 bits per heavy atom. The first kappa shape index (κ1) is 18.5. The van der Waals surface area contributed by atoms with Gasteiger partial charge in [-0.25, -0.2) is 0 Å². The first-order valence-electron chi connectivity index (χ1n) is 8.07. The molecule has 124 valence electrons. The molecule has 2 N–H and O–H groups in total. The third-order valence-electron chi connectivity index (χ3n) is 3.78. The van der Waals surface area contributed by atoms with E-state index >= 15 is 0 Å². The fraction of sp³-hybridized carbons (Fsp3) is 0.611. The number of aliphatic hydroxyl groups excluding tert-OH is 1. The summed E-state index contributed by atoms with van der Waals surface area (Å²) >= 11 is 0. The second kappa shape index (κ2) is 8.79. The number of rotatable bonds is 8. The number of carbonyl (C=O) groups is 1. The lowest BCUT2D eigenvalue weighted by Crippen LogP contribution is -2.42. The highest BCUT2D eigenvalue weighted by molar-refractivity contribution is 5.81. The van der Waals surface area contributed by atoms with Crippen LogP contribution >= 0.6 is 0 Å². The summed E-state index contributed by atoms with van der Waals surface area (Å²) in [5.41, 5.74) is 2.21. The third-order valence-corrected chi connectivity index (χ3v) is 3.78. The maximum atomic E-state index is 12.2. The minimum atomic E-state index is -0.563. The molecule has 0 saturated carbocycles. The van der Waals surface area contributed by atoms with Crippen LogP contribution in [0.25, 0.3) is 0 Å². The molecule has 0 saturated heterocycles. The normalized spacial score (nSPS) is 13.8. The summed E-state index contributed by atoms with van der Waals surface area (Å²) < 4.78 is 5.90. The van der Waals surface area contributed by atoms with E-state index in [-0.39, 0.29) is 18.6 Å². The monoisotopic (exact) mass is 307 g/mol. The third kappa shape index (κ3) is 5.34. The van der Waals surface area contributed by atoms with Gasteiger partial charge < -0.3 is 15.2 Å². The molecule has 22 heavy (non-hydrogen) atoms. The molecule has 0 aromatic heterocycles. The van der Waals surface area contributed by atoms with Gasteiger partial charge in [0.1, 0.15) is 5.75 Å². The van der Waals surface area contributed by atoms with Crippen molar-refractivity contribution in [3.63, 3.8) is 0 Å². The maximum absolute atomic E-state index is 12.2. The second-order valence-corrected chi connectivity index (χ2v) is 6.08. The maximum Gasteiger partial charge on any atom is 0.260 e. The fourth-order valence-corrected chi connectivity index (χ4v) is 2.32. The van der Waals surface area contributed by atoms with Crippen LogP contribution in [0.2, 0.25) is 0 Å². The summed E-state index contributed by atoms with van der Waals surface area (Å²) in [5, 5.41) is 11.9. The molecule has 1 rings (SSSR count). The Labute approximate surface area is 133 Å². The summed E-state index contributed by atoms with van der Waals surface area (Å²) in [6.07, 6.45) is 0.796. The van der Waals surface area contributed by atoms with Crippen LogP contribution in [0.5, 0.6) is 5.75 Å². The quantitative estimate of drug-likeness (QED) is 0.775. The highest BCUT2D eigenvalue weighted by atomic mass is 16.5. The number of amides is 1. The molecule has 0 heterocycles. The molecule has 0 bridgehead atoms. The number of hydrogen-bond acceptors (Lipinski definition) is 3. The molecule has 4 nitrogen and oxygen atoms in total. The van der Waals surface area contributed by atoms with Crippen molar-refractivity contribution in [1.29, 1.82) is 0 Å². The molecule has 1 amide bonds. The summed E-state index contributed by atoms with van der Waals surface area (Å²) in [5.74, 6) is 0.966. The Kier molecular flexibility index (Phi) is 7.39.